The van der Waals surface area contributed by atoms with Gasteiger partial charge in [-0.2, -0.15) is 4.31 Å². The highest BCUT2D eigenvalue weighted by molar-refractivity contribution is 7.89. The van der Waals surface area contributed by atoms with E-state index < -0.39 is 15.9 Å². The van der Waals surface area contributed by atoms with Crippen molar-refractivity contribution in [1.82, 2.24) is 14.5 Å². The molecular weight excluding hydrogens is 418 g/mol. The number of benzene rings is 1. The number of amides is 1. The van der Waals surface area contributed by atoms with Gasteiger partial charge in [0.25, 0.3) is 15.9 Å². The van der Waals surface area contributed by atoms with Crippen molar-refractivity contribution in [2.75, 3.05) is 45.9 Å². The van der Waals surface area contributed by atoms with Gasteiger partial charge in [-0.05, 0) is 30.5 Å². The Morgan fingerprint density at radius 1 is 0.968 bits per heavy atom. The first-order valence-corrected chi connectivity index (χ1v) is 12.2. The molecule has 2 saturated heterocycles. The highest BCUT2D eigenvalue weighted by atomic mass is 32.2. The molecule has 1 aromatic carbocycles. The quantitative estimate of drug-likeness (QED) is 0.700. The maximum Gasteiger partial charge on any atom is 0.287 e. The number of nitrogens with zero attached hydrogens (tertiary/aromatic N) is 2. The van der Waals surface area contributed by atoms with E-state index in [1.807, 2.05) is 30.3 Å². The molecule has 8 nitrogen and oxygen atoms in total. The van der Waals surface area contributed by atoms with E-state index in [4.69, 9.17) is 9.15 Å². The summed E-state index contributed by atoms with van der Waals surface area (Å²) in [6, 6.07) is 12.8. The minimum Gasteiger partial charge on any atom is -0.438 e. The monoisotopic (exact) mass is 447 g/mol. The molecule has 1 amide bonds. The van der Waals surface area contributed by atoms with E-state index in [0.717, 1.165) is 37.9 Å². The third-order valence-corrected chi connectivity index (χ3v) is 7.61. The number of carbonyl (C=O) groups is 1. The van der Waals surface area contributed by atoms with Crippen molar-refractivity contribution in [3.05, 3.63) is 53.8 Å². The molecule has 0 aliphatic carbocycles. The highest BCUT2D eigenvalue weighted by Gasteiger charge is 2.30. The van der Waals surface area contributed by atoms with Crippen LogP contribution in [0.4, 0.5) is 0 Å². The van der Waals surface area contributed by atoms with Crippen LogP contribution in [0.3, 0.4) is 0 Å². The Kier molecular flexibility index (Phi) is 7.06. The number of hydrogen-bond donors (Lipinski definition) is 1. The molecule has 9 heteroatoms. The van der Waals surface area contributed by atoms with Crippen molar-refractivity contribution in [2.45, 2.75) is 30.4 Å². The van der Waals surface area contributed by atoms with E-state index in [1.165, 1.54) is 16.4 Å². The first-order chi connectivity index (χ1) is 15.1. The topological polar surface area (TPSA) is 92.1 Å². The van der Waals surface area contributed by atoms with Gasteiger partial charge in [0.2, 0.25) is 5.09 Å². The molecule has 2 aromatic rings. The zero-order chi connectivity index (χ0) is 21.7. The van der Waals surface area contributed by atoms with Crippen LogP contribution in [0, 0.1) is 0 Å². The van der Waals surface area contributed by atoms with Gasteiger partial charge in [-0.1, -0.05) is 36.8 Å². The highest BCUT2D eigenvalue weighted by Crippen LogP contribution is 2.24. The number of nitrogens with one attached hydrogen (secondary N) is 1. The summed E-state index contributed by atoms with van der Waals surface area (Å²) >= 11 is 0. The fourth-order valence-corrected chi connectivity index (χ4v) is 5.54. The van der Waals surface area contributed by atoms with Gasteiger partial charge < -0.3 is 14.5 Å². The molecule has 2 aliphatic rings. The SMILES string of the molecule is O=C(NCC(c1ccccc1)N1CCOCC1)c1ccc(S(=O)(=O)N2CCCCC2)o1. The largest absolute Gasteiger partial charge is 0.438 e. The van der Waals surface area contributed by atoms with Gasteiger partial charge in [-0.15, -0.1) is 0 Å². The van der Waals surface area contributed by atoms with Crippen molar-refractivity contribution in [3.8, 4) is 0 Å². The van der Waals surface area contributed by atoms with Crippen molar-refractivity contribution in [1.29, 1.82) is 0 Å². The molecule has 168 valence electrons. The van der Waals surface area contributed by atoms with E-state index in [1.54, 1.807) is 0 Å². The van der Waals surface area contributed by atoms with Crippen molar-refractivity contribution >= 4 is 15.9 Å². The summed E-state index contributed by atoms with van der Waals surface area (Å²) in [6.07, 6.45) is 2.72. The van der Waals surface area contributed by atoms with E-state index >= 15 is 0 Å². The minimum absolute atomic E-state index is 0.000523. The number of hydrogen-bond acceptors (Lipinski definition) is 6. The third-order valence-electron chi connectivity index (χ3n) is 5.84. The number of rotatable bonds is 7. The second-order valence-corrected chi connectivity index (χ2v) is 9.74. The standard InChI is InChI=1S/C22H29N3O5S/c26-22(20-9-10-21(30-20)31(27,28)25-11-5-2-6-12-25)23-17-19(18-7-3-1-4-8-18)24-13-15-29-16-14-24/h1,3-4,7-10,19H,2,5-6,11-17H2,(H,23,26). The lowest BCUT2D eigenvalue weighted by Gasteiger charge is -2.34. The van der Waals surface area contributed by atoms with E-state index in [9.17, 15) is 13.2 Å². The van der Waals surface area contributed by atoms with Crippen molar-refractivity contribution < 1.29 is 22.4 Å². The van der Waals surface area contributed by atoms with Crippen LogP contribution in [0.25, 0.3) is 0 Å². The molecule has 1 N–H and O–H groups in total. The molecule has 0 spiro atoms. The maximum absolute atomic E-state index is 12.8. The van der Waals surface area contributed by atoms with Gasteiger partial charge in [0.05, 0.1) is 19.3 Å². The second kappa shape index (κ2) is 9.95. The van der Waals surface area contributed by atoms with Crippen molar-refractivity contribution in [2.24, 2.45) is 0 Å². The number of morpholine rings is 1. The summed E-state index contributed by atoms with van der Waals surface area (Å²) in [5, 5.41) is 2.74. The maximum atomic E-state index is 12.8. The molecule has 2 aliphatic heterocycles. The first-order valence-electron chi connectivity index (χ1n) is 10.8. The molecule has 1 atom stereocenters. The first kappa shape index (κ1) is 22.0. The van der Waals surface area contributed by atoms with Crippen LogP contribution < -0.4 is 5.32 Å². The smallest absolute Gasteiger partial charge is 0.287 e. The Balaban J connectivity index is 1.43. The van der Waals surface area contributed by atoms with Gasteiger partial charge in [0, 0.05) is 32.7 Å². The van der Waals surface area contributed by atoms with E-state index in [-0.39, 0.29) is 16.9 Å². The van der Waals surface area contributed by atoms with Gasteiger partial charge in [-0.25, -0.2) is 8.42 Å². The number of piperidine rings is 1. The van der Waals surface area contributed by atoms with Gasteiger partial charge in [0.15, 0.2) is 5.76 Å². The predicted molar refractivity (Wildman–Crippen MR) is 115 cm³/mol. The summed E-state index contributed by atoms with van der Waals surface area (Å²) in [5.41, 5.74) is 1.11. The fraction of sp³-hybridized carbons (Fsp3) is 0.500. The van der Waals surface area contributed by atoms with Crippen LogP contribution in [-0.2, 0) is 14.8 Å². The summed E-state index contributed by atoms with van der Waals surface area (Å²) < 4.78 is 37.9. The zero-order valence-corrected chi connectivity index (χ0v) is 18.4. The average Bonchev–Trinajstić information content (AvgIpc) is 3.33. The molecule has 1 aromatic heterocycles. The molecule has 31 heavy (non-hydrogen) atoms. The Morgan fingerprint density at radius 2 is 1.68 bits per heavy atom. The van der Waals surface area contributed by atoms with Gasteiger partial charge in [0.1, 0.15) is 0 Å². The number of sulfonamides is 1. The minimum atomic E-state index is -3.70. The molecule has 0 bridgehead atoms. The number of carbonyl (C=O) groups excluding carboxylic acids is 1. The third kappa shape index (κ3) is 5.17. The normalized spacial score (nSPS) is 19.7. The Hall–Kier alpha value is -2.20. The van der Waals surface area contributed by atoms with Crippen LogP contribution in [0.1, 0.15) is 41.4 Å². The molecule has 3 heterocycles. The summed E-state index contributed by atoms with van der Waals surface area (Å²) in [6.45, 7) is 4.26. The predicted octanol–water partition coefficient (Wildman–Crippen LogP) is 2.26. The second-order valence-electron chi connectivity index (χ2n) is 7.87. The Labute approximate surface area is 183 Å². The molecule has 0 radical (unpaired) electrons. The van der Waals surface area contributed by atoms with Crippen molar-refractivity contribution in [3.63, 3.8) is 0 Å². The lowest BCUT2D eigenvalue weighted by molar-refractivity contribution is 0.0161. The zero-order valence-electron chi connectivity index (χ0n) is 17.5. The Bertz CT molecular complexity index is 964. The van der Waals surface area contributed by atoms with Crippen LogP contribution >= 0.6 is 0 Å². The lowest BCUT2D eigenvalue weighted by atomic mass is 10.0. The number of furan rings is 1. The van der Waals surface area contributed by atoms with Crippen LogP contribution in [0.15, 0.2) is 52.0 Å². The summed E-state index contributed by atoms with van der Waals surface area (Å²) in [4.78, 5) is 15.0. The van der Waals surface area contributed by atoms with Crippen LogP contribution in [-0.4, -0.2) is 69.5 Å². The van der Waals surface area contributed by atoms with Gasteiger partial charge >= 0.3 is 0 Å². The van der Waals surface area contributed by atoms with Crippen LogP contribution in [0.5, 0.6) is 0 Å². The Morgan fingerprint density at radius 3 is 2.39 bits per heavy atom. The van der Waals surface area contributed by atoms with E-state index in [2.05, 4.69) is 10.2 Å². The molecule has 1 unspecified atom stereocenters. The fourth-order valence-electron chi connectivity index (χ4n) is 4.11. The average molecular weight is 448 g/mol. The van der Waals surface area contributed by atoms with Crippen LogP contribution in [0.2, 0.25) is 0 Å². The summed E-state index contributed by atoms with van der Waals surface area (Å²) in [7, 11) is -3.70. The molecule has 4 rings (SSSR count). The van der Waals surface area contributed by atoms with Gasteiger partial charge in [-0.3, -0.25) is 9.69 Å². The van der Waals surface area contributed by atoms with E-state index in [0.29, 0.717) is 32.8 Å². The molecular formula is C22H29N3O5S. The lowest BCUT2D eigenvalue weighted by Crippen LogP contribution is -2.43. The molecule has 0 saturated carbocycles. The summed E-state index contributed by atoms with van der Waals surface area (Å²) in [5.74, 6) is -0.418. The number of ether oxygens (including phenoxy) is 1. The molecule has 2 fully saturated rings.